The Hall–Kier alpha value is -1.72. The van der Waals surface area contributed by atoms with Crippen molar-refractivity contribution in [2.75, 3.05) is 19.6 Å². The number of halogens is 1. The number of aromatic nitrogens is 1. The monoisotopic (exact) mass is 275 g/mol. The van der Waals surface area contributed by atoms with Crippen LogP contribution in [0.1, 0.15) is 12.8 Å². The van der Waals surface area contributed by atoms with E-state index in [0.29, 0.717) is 24.2 Å². The lowest BCUT2D eigenvalue weighted by molar-refractivity contribution is 0.151. The third kappa shape index (κ3) is 2.89. The minimum absolute atomic E-state index is 0.267. The molecule has 0 unspecified atom stereocenters. The van der Waals surface area contributed by atoms with Gasteiger partial charge in [-0.2, -0.15) is 0 Å². The van der Waals surface area contributed by atoms with Gasteiger partial charge in [0.25, 0.3) is 0 Å². The molecule has 0 saturated carbocycles. The van der Waals surface area contributed by atoms with Crippen LogP contribution < -0.4 is 5.32 Å². The summed E-state index contributed by atoms with van der Waals surface area (Å²) in [5.41, 5.74) is 0.720. The Balaban J connectivity index is 1.73. The first-order chi connectivity index (χ1) is 9.72. The van der Waals surface area contributed by atoms with Crippen LogP contribution >= 0.6 is 0 Å². The molecule has 1 aliphatic heterocycles. The average molecular weight is 275 g/mol. The van der Waals surface area contributed by atoms with Gasteiger partial charge in [0.1, 0.15) is 5.82 Å². The van der Waals surface area contributed by atoms with Crippen LogP contribution in [-0.2, 0) is 6.54 Å². The molecule has 106 valence electrons. The van der Waals surface area contributed by atoms with Crippen LogP contribution in [-0.4, -0.2) is 35.6 Å². The molecule has 2 aromatic rings. The third-order valence-corrected chi connectivity index (χ3v) is 3.64. The number of hydrogen-bond acceptors (Lipinski definition) is 4. The fraction of sp³-hybridized carbons (Fsp3) is 0.400. The molecule has 20 heavy (non-hydrogen) atoms. The Morgan fingerprint density at radius 2 is 2.40 bits per heavy atom. The zero-order chi connectivity index (χ0) is 13.9. The van der Waals surface area contributed by atoms with Gasteiger partial charge in [-0.3, -0.25) is 4.90 Å². The molecule has 4 nitrogen and oxygen atoms in total. The predicted octanol–water partition coefficient (Wildman–Crippen LogP) is 2.27. The highest BCUT2D eigenvalue weighted by molar-refractivity contribution is 5.56. The summed E-state index contributed by atoms with van der Waals surface area (Å²) < 4.78 is 18.9. The third-order valence-electron chi connectivity index (χ3n) is 3.64. The largest absolute Gasteiger partial charge is 0.439 e. The highest BCUT2D eigenvalue weighted by atomic mass is 19.1. The van der Waals surface area contributed by atoms with Gasteiger partial charge < -0.3 is 9.73 Å². The Labute approximate surface area is 117 Å². The summed E-state index contributed by atoms with van der Waals surface area (Å²) in [6.45, 7) is 5.83. The molecule has 0 aliphatic carbocycles. The molecular weight excluding hydrogens is 257 g/mol. The molecule has 0 amide bonds. The number of hydrogen-bond donors (Lipinski definition) is 1. The minimum atomic E-state index is -0.267. The lowest BCUT2D eigenvalue weighted by atomic mass is 10.2. The highest BCUT2D eigenvalue weighted by Crippen LogP contribution is 2.22. The van der Waals surface area contributed by atoms with Gasteiger partial charge in [0.05, 0.1) is 12.7 Å². The quantitative estimate of drug-likeness (QED) is 0.933. The van der Waals surface area contributed by atoms with E-state index in [1.165, 1.54) is 12.1 Å². The smallest absolute Gasteiger partial charge is 0.209 e. The van der Waals surface area contributed by atoms with Crippen molar-refractivity contribution in [3.05, 3.63) is 42.2 Å². The maximum absolute atomic E-state index is 13.2. The molecule has 1 aromatic carbocycles. The maximum atomic E-state index is 13.2. The first-order valence-corrected chi connectivity index (χ1v) is 6.88. The van der Waals surface area contributed by atoms with Crippen molar-refractivity contribution >= 4 is 0 Å². The summed E-state index contributed by atoms with van der Waals surface area (Å²) in [6.07, 6.45) is 1.66. The summed E-state index contributed by atoms with van der Waals surface area (Å²) in [5.74, 6) is 1.02. The Bertz CT molecular complexity index is 584. The molecule has 3 rings (SSSR count). The van der Waals surface area contributed by atoms with E-state index in [1.54, 1.807) is 12.3 Å². The van der Waals surface area contributed by atoms with Crippen LogP contribution in [0, 0.1) is 5.82 Å². The zero-order valence-corrected chi connectivity index (χ0v) is 11.5. The number of rotatable bonds is 3. The summed E-state index contributed by atoms with van der Waals surface area (Å²) in [4.78, 5) is 6.63. The topological polar surface area (TPSA) is 41.3 Å². The lowest BCUT2D eigenvalue weighted by Crippen LogP contribution is -2.49. The fourth-order valence-electron chi connectivity index (χ4n) is 2.45. The Kier molecular flexibility index (Phi) is 3.80. The van der Waals surface area contributed by atoms with E-state index in [2.05, 4.69) is 22.1 Å². The van der Waals surface area contributed by atoms with Crippen molar-refractivity contribution in [3.63, 3.8) is 0 Å². The molecule has 5 heteroatoms. The minimum Gasteiger partial charge on any atom is -0.439 e. The van der Waals surface area contributed by atoms with Gasteiger partial charge in [0.2, 0.25) is 5.89 Å². The predicted molar refractivity (Wildman–Crippen MR) is 74.6 cm³/mol. The number of benzene rings is 1. The van der Waals surface area contributed by atoms with Crippen LogP contribution in [0.3, 0.4) is 0 Å². The van der Waals surface area contributed by atoms with Crippen LogP contribution in [0.25, 0.3) is 11.3 Å². The van der Waals surface area contributed by atoms with E-state index < -0.39 is 0 Å². The van der Waals surface area contributed by atoms with Crippen LogP contribution in [0.4, 0.5) is 4.39 Å². The summed E-state index contributed by atoms with van der Waals surface area (Å²) in [6, 6.07) is 6.83. The van der Waals surface area contributed by atoms with Crippen molar-refractivity contribution in [1.29, 1.82) is 0 Å². The van der Waals surface area contributed by atoms with E-state index in [9.17, 15) is 4.39 Å². The van der Waals surface area contributed by atoms with E-state index >= 15 is 0 Å². The number of nitrogens with zero attached hydrogens (tertiary/aromatic N) is 2. The first kappa shape index (κ1) is 13.3. The van der Waals surface area contributed by atoms with E-state index in [0.717, 1.165) is 25.2 Å². The van der Waals surface area contributed by atoms with Gasteiger partial charge in [-0.15, -0.1) is 0 Å². The maximum Gasteiger partial charge on any atom is 0.209 e. The van der Waals surface area contributed by atoms with Crippen molar-refractivity contribution < 1.29 is 8.81 Å². The fourth-order valence-corrected chi connectivity index (χ4v) is 2.45. The van der Waals surface area contributed by atoms with E-state index in [4.69, 9.17) is 4.42 Å². The van der Waals surface area contributed by atoms with Crippen molar-refractivity contribution in [3.8, 4) is 11.3 Å². The van der Waals surface area contributed by atoms with Crippen molar-refractivity contribution in [1.82, 2.24) is 15.2 Å². The summed E-state index contributed by atoms with van der Waals surface area (Å²) in [5, 5.41) is 3.35. The SMILES string of the molecule is C[C@@H]1CNCCN1Cc1ncc(-c2cccc(F)c2)o1. The second kappa shape index (κ2) is 5.73. The molecular formula is C15H18FN3O. The molecule has 0 radical (unpaired) electrons. The van der Waals surface area contributed by atoms with Crippen LogP contribution in [0.2, 0.25) is 0 Å². The van der Waals surface area contributed by atoms with Gasteiger partial charge in [0, 0.05) is 31.2 Å². The van der Waals surface area contributed by atoms with Crippen molar-refractivity contribution in [2.45, 2.75) is 19.5 Å². The molecule has 1 aromatic heterocycles. The molecule has 1 fully saturated rings. The second-order valence-corrected chi connectivity index (χ2v) is 5.15. The molecule has 1 N–H and O–H groups in total. The molecule has 2 heterocycles. The van der Waals surface area contributed by atoms with E-state index in [1.807, 2.05) is 6.07 Å². The number of oxazole rings is 1. The molecule has 1 atom stereocenters. The normalized spacial score (nSPS) is 20.2. The summed E-state index contributed by atoms with van der Waals surface area (Å²) in [7, 11) is 0. The standard InChI is InChI=1S/C15H18FN3O/c1-11-8-17-5-6-19(11)10-15-18-9-14(20-15)12-3-2-4-13(16)7-12/h2-4,7,9,11,17H,5-6,8,10H2,1H3/t11-/m1/s1. The molecule has 0 spiro atoms. The Morgan fingerprint density at radius 1 is 1.50 bits per heavy atom. The molecule has 1 aliphatic rings. The van der Waals surface area contributed by atoms with Gasteiger partial charge in [0.15, 0.2) is 5.76 Å². The van der Waals surface area contributed by atoms with E-state index in [-0.39, 0.29) is 5.82 Å². The van der Waals surface area contributed by atoms with Crippen LogP contribution in [0.5, 0.6) is 0 Å². The number of piperazine rings is 1. The van der Waals surface area contributed by atoms with Gasteiger partial charge in [-0.05, 0) is 19.1 Å². The van der Waals surface area contributed by atoms with Gasteiger partial charge in [-0.25, -0.2) is 9.37 Å². The highest BCUT2D eigenvalue weighted by Gasteiger charge is 2.20. The Morgan fingerprint density at radius 3 is 3.20 bits per heavy atom. The van der Waals surface area contributed by atoms with Gasteiger partial charge in [-0.1, -0.05) is 12.1 Å². The lowest BCUT2D eigenvalue weighted by Gasteiger charge is -2.32. The van der Waals surface area contributed by atoms with Crippen LogP contribution in [0.15, 0.2) is 34.9 Å². The summed E-state index contributed by atoms with van der Waals surface area (Å²) >= 11 is 0. The van der Waals surface area contributed by atoms with Gasteiger partial charge >= 0.3 is 0 Å². The molecule has 1 saturated heterocycles. The molecule has 0 bridgehead atoms. The zero-order valence-electron chi connectivity index (χ0n) is 11.5. The van der Waals surface area contributed by atoms with Crippen molar-refractivity contribution in [2.24, 2.45) is 0 Å². The number of nitrogens with one attached hydrogen (secondary N) is 1. The first-order valence-electron chi connectivity index (χ1n) is 6.88. The second-order valence-electron chi connectivity index (χ2n) is 5.15. The average Bonchev–Trinajstić information content (AvgIpc) is 2.90.